The number of nitrogen functional groups attached to an aromatic ring is 1. The first kappa shape index (κ1) is 19.5. The Kier molecular flexibility index (Phi) is 6.79. The molecule has 26 heavy (non-hydrogen) atoms. The highest BCUT2D eigenvalue weighted by atomic mass is 32.2. The maximum absolute atomic E-state index is 12.3. The molecule has 0 aliphatic carbocycles. The number of benzene rings is 1. The van der Waals surface area contributed by atoms with Crippen molar-refractivity contribution in [3.8, 4) is 5.75 Å². The molecule has 2 rings (SSSR count). The van der Waals surface area contributed by atoms with Crippen LogP contribution in [0.5, 0.6) is 5.75 Å². The number of carbonyl (C=O) groups excluding carboxylic acids is 2. The number of anilines is 2. The third-order valence-corrected chi connectivity index (χ3v) is 4.26. The molecule has 0 bridgehead atoms. The number of aromatic nitrogens is 2. The summed E-state index contributed by atoms with van der Waals surface area (Å²) >= 11 is 1.13. The van der Waals surface area contributed by atoms with Crippen LogP contribution in [0.3, 0.4) is 0 Å². The quantitative estimate of drug-likeness (QED) is 0.430. The molecular weight excluding hydrogens is 356 g/mol. The van der Waals surface area contributed by atoms with Gasteiger partial charge in [-0.3, -0.25) is 4.79 Å². The maximum Gasteiger partial charge on any atom is 0.343 e. The van der Waals surface area contributed by atoms with Gasteiger partial charge in [-0.05, 0) is 26.0 Å². The fourth-order valence-corrected chi connectivity index (χ4v) is 2.70. The van der Waals surface area contributed by atoms with Crippen LogP contribution in [0.1, 0.15) is 24.2 Å². The second-order valence-corrected chi connectivity index (χ2v) is 6.46. The highest BCUT2D eigenvalue weighted by molar-refractivity contribution is 8.00. The number of amides is 1. The molecular formula is C17H20N4O4S. The summed E-state index contributed by atoms with van der Waals surface area (Å²) in [6, 6.07) is 7.05. The van der Waals surface area contributed by atoms with Crippen LogP contribution in [-0.2, 0) is 9.53 Å². The van der Waals surface area contributed by atoms with Crippen molar-refractivity contribution in [3.05, 3.63) is 36.0 Å². The maximum atomic E-state index is 12.3. The van der Waals surface area contributed by atoms with Gasteiger partial charge in [0.2, 0.25) is 5.91 Å². The monoisotopic (exact) mass is 376 g/mol. The molecule has 8 nitrogen and oxygen atoms in total. The number of esters is 1. The van der Waals surface area contributed by atoms with E-state index in [1.54, 1.807) is 45.2 Å². The summed E-state index contributed by atoms with van der Waals surface area (Å²) in [4.78, 5) is 32.2. The van der Waals surface area contributed by atoms with E-state index >= 15 is 0 Å². The first-order valence-electron chi connectivity index (χ1n) is 7.85. The lowest BCUT2D eigenvalue weighted by Crippen LogP contribution is -2.22. The molecule has 2 aromatic rings. The van der Waals surface area contributed by atoms with Crippen LogP contribution in [0, 0.1) is 0 Å². The van der Waals surface area contributed by atoms with Crippen LogP contribution in [0.15, 0.2) is 35.6 Å². The van der Waals surface area contributed by atoms with Gasteiger partial charge in [-0.15, -0.1) is 0 Å². The molecule has 0 radical (unpaired) electrons. The predicted molar refractivity (Wildman–Crippen MR) is 99.3 cm³/mol. The standard InChI is InChI=1S/C17H20N4O4S/c1-4-25-16(23)13-9-19-17(21-14(13)18)26-10(2)15(22)20-11-6-5-7-12(8-11)24-3/h5-10H,4H2,1-3H3,(H,20,22)(H2,18,19,21)/t10-/m0/s1. The second kappa shape index (κ2) is 9.04. The number of methoxy groups -OCH3 is 1. The Hall–Kier alpha value is -2.81. The van der Waals surface area contributed by atoms with E-state index in [0.29, 0.717) is 16.6 Å². The third-order valence-electron chi connectivity index (χ3n) is 3.28. The molecule has 0 aliphatic heterocycles. The molecule has 3 N–H and O–H groups in total. The lowest BCUT2D eigenvalue weighted by Gasteiger charge is -2.12. The first-order chi connectivity index (χ1) is 12.4. The van der Waals surface area contributed by atoms with E-state index in [0.717, 1.165) is 11.8 Å². The molecule has 138 valence electrons. The zero-order valence-electron chi connectivity index (χ0n) is 14.7. The van der Waals surface area contributed by atoms with E-state index in [2.05, 4.69) is 15.3 Å². The van der Waals surface area contributed by atoms with Crippen molar-refractivity contribution in [3.63, 3.8) is 0 Å². The van der Waals surface area contributed by atoms with Crippen LogP contribution in [0.4, 0.5) is 11.5 Å². The lowest BCUT2D eigenvalue weighted by atomic mass is 10.3. The van der Waals surface area contributed by atoms with Crippen LogP contribution in [0.2, 0.25) is 0 Å². The van der Waals surface area contributed by atoms with E-state index in [-0.39, 0.29) is 23.9 Å². The Morgan fingerprint density at radius 2 is 2.15 bits per heavy atom. The zero-order valence-corrected chi connectivity index (χ0v) is 15.5. The molecule has 1 amide bonds. The Morgan fingerprint density at radius 1 is 1.38 bits per heavy atom. The van der Waals surface area contributed by atoms with E-state index in [4.69, 9.17) is 15.2 Å². The first-order valence-corrected chi connectivity index (χ1v) is 8.73. The van der Waals surface area contributed by atoms with Gasteiger partial charge in [0.25, 0.3) is 0 Å². The molecule has 1 atom stereocenters. The van der Waals surface area contributed by atoms with Crippen LogP contribution in [0.25, 0.3) is 0 Å². The van der Waals surface area contributed by atoms with Gasteiger partial charge in [-0.25, -0.2) is 14.8 Å². The number of nitrogens with zero attached hydrogens (tertiary/aromatic N) is 2. The highest BCUT2D eigenvalue weighted by Crippen LogP contribution is 2.23. The van der Waals surface area contributed by atoms with Crippen molar-refractivity contribution in [2.45, 2.75) is 24.3 Å². The lowest BCUT2D eigenvalue weighted by molar-refractivity contribution is -0.115. The van der Waals surface area contributed by atoms with E-state index in [9.17, 15) is 9.59 Å². The van der Waals surface area contributed by atoms with Gasteiger partial charge < -0.3 is 20.5 Å². The summed E-state index contributed by atoms with van der Waals surface area (Å²) in [6.07, 6.45) is 1.30. The van der Waals surface area contributed by atoms with Crippen molar-refractivity contribution in [1.29, 1.82) is 0 Å². The van der Waals surface area contributed by atoms with Crippen molar-refractivity contribution in [2.75, 3.05) is 24.8 Å². The zero-order chi connectivity index (χ0) is 19.1. The summed E-state index contributed by atoms with van der Waals surface area (Å²) in [5, 5.41) is 2.61. The van der Waals surface area contributed by atoms with Gasteiger partial charge in [0.05, 0.1) is 19.0 Å². The number of nitrogens with one attached hydrogen (secondary N) is 1. The molecule has 0 saturated heterocycles. The number of ether oxygens (including phenoxy) is 2. The van der Waals surface area contributed by atoms with Gasteiger partial charge >= 0.3 is 5.97 Å². The number of nitrogens with two attached hydrogens (primary N) is 1. The van der Waals surface area contributed by atoms with Gasteiger partial charge in [-0.1, -0.05) is 17.8 Å². The highest BCUT2D eigenvalue weighted by Gasteiger charge is 2.19. The van der Waals surface area contributed by atoms with Crippen molar-refractivity contribution in [2.24, 2.45) is 0 Å². The molecule has 0 saturated carbocycles. The number of carbonyl (C=O) groups is 2. The smallest absolute Gasteiger partial charge is 0.343 e. The summed E-state index contributed by atoms with van der Waals surface area (Å²) in [7, 11) is 1.56. The Labute approximate surface area is 155 Å². The minimum absolute atomic E-state index is 0.0151. The SMILES string of the molecule is CCOC(=O)c1cnc(S[C@@H](C)C(=O)Nc2cccc(OC)c2)nc1N. The molecule has 1 aromatic heterocycles. The summed E-state index contributed by atoms with van der Waals surface area (Å²) in [6.45, 7) is 3.65. The molecule has 0 unspecified atom stereocenters. The third kappa shape index (κ3) is 5.09. The van der Waals surface area contributed by atoms with E-state index in [1.807, 2.05) is 0 Å². The Balaban J connectivity index is 2.02. The summed E-state index contributed by atoms with van der Waals surface area (Å²) < 4.78 is 10.00. The summed E-state index contributed by atoms with van der Waals surface area (Å²) in [5.74, 6) is -0.139. The fourth-order valence-electron chi connectivity index (χ4n) is 1.96. The Morgan fingerprint density at radius 3 is 2.81 bits per heavy atom. The minimum Gasteiger partial charge on any atom is -0.497 e. The molecule has 1 heterocycles. The number of rotatable bonds is 7. The van der Waals surface area contributed by atoms with E-state index in [1.165, 1.54) is 6.20 Å². The van der Waals surface area contributed by atoms with Crippen molar-refractivity contribution >= 4 is 35.1 Å². The Bertz CT molecular complexity index is 800. The molecule has 9 heteroatoms. The van der Waals surface area contributed by atoms with Gasteiger partial charge in [0, 0.05) is 18.0 Å². The molecule has 0 spiro atoms. The largest absolute Gasteiger partial charge is 0.497 e. The predicted octanol–water partition coefficient (Wildman–Crippen LogP) is 2.36. The fraction of sp³-hybridized carbons (Fsp3) is 0.294. The molecule has 0 aliphatic rings. The van der Waals surface area contributed by atoms with Gasteiger partial charge in [0.15, 0.2) is 5.16 Å². The van der Waals surface area contributed by atoms with Crippen molar-refractivity contribution in [1.82, 2.24) is 9.97 Å². The number of thioether (sulfide) groups is 1. The summed E-state index contributed by atoms with van der Waals surface area (Å²) in [5.41, 5.74) is 6.51. The average molecular weight is 376 g/mol. The van der Waals surface area contributed by atoms with Gasteiger partial charge in [0.1, 0.15) is 17.1 Å². The van der Waals surface area contributed by atoms with Crippen molar-refractivity contribution < 1.29 is 19.1 Å². The average Bonchev–Trinajstić information content (AvgIpc) is 2.62. The molecule has 0 fully saturated rings. The molecule has 1 aromatic carbocycles. The second-order valence-electron chi connectivity index (χ2n) is 5.15. The van der Waals surface area contributed by atoms with Crippen LogP contribution in [-0.4, -0.2) is 40.8 Å². The number of hydrogen-bond acceptors (Lipinski definition) is 8. The normalized spacial score (nSPS) is 11.5. The topological polar surface area (TPSA) is 116 Å². The van der Waals surface area contributed by atoms with Gasteiger partial charge in [-0.2, -0.15) is 0 Å². The minimum atomic E-state index is -0.578. The van der Waals surface area contributed by atoms with Crippen LogP contribution < -0.4 is 15.8 Å². The van der Waals surface area contributed by atoms with E-state index < -0.39 is 11.2 Å². The number of hydrogen-bond donors (Lipinski definition) is 2. The van der Waals surface area contributed by atoms with Crippen LogP contribution >= 0.6 is 11.8 Å².